The third-order valence-electron chi connectivity index (χ3n) is 8.08. The number of fused-ring (bicyclic) bond motifs is 1. The molecule has 6 N–H and O–H groups in total. The third-order valence-corrected chi connectivity index (χ3v) is 8.08. The SMILES string of the molecule is NC1NN2CC(F)CNC2C1C(=O)NC1CNCC(F)C1N1CCN(C(=O)CN2CCCC2)CC1. The molecule has 5 fully saturated rings. The quantitative estimate of drug-likeness (QED) is 0.270. The Morgan fingerprint density at radius 1 is 1.00 bits per heavy atom. The molecule has 0 aromatic heterocycles. The highest BCUT2D eigenvalue weighted by molar-refractivity contribution is 5.81. The zero-order valence-electron chi connectivity index (χ0n) is 20.2. The molecule has 0 aromatic rings. The highest BCUT2D eigenvalue weighted by atomic mass is 19.1. The van der Waals surface area contributed by atoms with Gasteiger partial charge in [-0.1, -0.05) is 0 Å². The van der Waals surface area contributed by atoms with Gasteiger partial charge in [-0.05, 0) is 25.9 Å². The lowest BCUT2D eigenvalue weighted by Gasteiger charge is -2.46. The van der Waals surface area contributed by atoms with Crippen molar-refractivity contribution < 1.29 is 18.4 Å². The molecule has 0 aromatic carbocycles. The van der Waals surface area contributed by atoms with Crippen LogP contribution in [0.4, 0.5) is 8.78 Å². The van der Waals surface area contributed by atoms with E-state index in [4.69, 9.17) is 5.73 Å². The van der Waals surface area contributed by atoms with Gasteiger partial charge in [0.1, 0.15) is 12.3 Å². The summed E-state index contributed by atoms with van der Waals surface area (Å²) >= 11 is 0. The molecule has 2 amide bonds. The van der Waals surface area contributed by atoms with Crippen LogP contribution in [0, 0.1) is 5.92 Å². The lowest BCUT2D eigenvalue weighted by molar-refractivity contribution is -0.134. The molecular weight excluding hydrogens is 460 g/mol. The highest BCUT2D eigenvalue weighted by Gasteiger charge is 2.48. The van der Waals surface area contributed by atoms with Crippen molar-refractivity contribution in [3.63, 3.8) is 0 Å². The number of halogens is 2. The maximum atomic E-state index is 15.2. The van der Waals surface area contributed by atoms with Crippen LogP contribution in [-0.2, 0) is 9.59 Å². The summed E-state index contributed by atoms with van der Waals surface area (Å²) in [6, 6.07) is -0.913. The van der Waals surface area contributed by atoms with E-state index in [9.17, 15) is 14.0 Å². The molecule has 0 aliphatic carbocycles. The van der Waals surface area contributed by atoms with Crippen molar-refractivity contribution in [3.8, 4) is 0 Å². The predicted molar refractivity (Wildman–Crippen MR) is 125 cm³/mol. The van der Waals surface area contributed by atoms with Crippen molar-refractivity contribution in [1.29, 1.82) is 0 Å². The predicted octanol–water partition coefficient (Wildman–Crippen LogP) is -2.99. The summed E-state index contributed by atoms with van der Waals surface area (Å²) < 4.78 is 28.9. The van der Waals surface area contributed by atoms with Crippen LogP contribution in [0.3, 0.4) is 0 Å². The number of piperidine rings is 1. The zero-order chi connectivity index (χ0) is 24.5. The molecule has 7 atom stereocenters. The third kappa shape index (κ3) is 5.45. The second kappa shape index (κ2) is 10.9. The fraction of sp³-hybridized carbons (Fsp3) is 0.909. The summed E-state index contributed by atoms with van der Waals surface area (Å²) in [6.07, 6.45) is -0.943. The molecule has 0 bridgehead atoms. The van der Waals surface area contributed by atoms with Gasteiger partial charge in [0.25, 0.3) is 0 Å². The highest BCUT2D eigenvalue weighted by Crippen LogP contribution is 2.24. The number of piperazine rings is 1. The van der Waals surface area contributed by atoms with Gasteiger partial charge < -0.3 is 21.3 Å². The van der Waals surface area contributed by atoms with Gasteiger partial charge in [0.05, 0.1) is 36.9 Å². The Morgan fingerprint density at radius 3 is 2.49 bits per heavy atom. The van der Waals surface area contributed by atoms with Gasteiger partial charge in [-0.2, -0.15) is 0 Å². The number of nitrogens with one attached hydrogen (secondary N) is 4. The number of rotatable bonds is 5. The van der Waals surface area contributed by atoms with Crippen LogP contribution in [0.1, 0.15) is 12.8 Å². The van der Waals surface area contributed by atoms with E-state index in [-0.39, 0.29) is 31.4 Å². The van der Waals surface area contributed by atoms with Gasteiger partial charge in [-0.25, -0.2) is 19.2 Å². The van der Waals surface area contributed by atoms with Gasteiger partial charge in [0.15, 0.2) is 0 Å². The zero-order valence-corrected chi connectivity index (χ0v) is 20.2. The molecule has 35 heavy (non-hydrogen) atoms. The topological polar surface area (TPSA) is 121 Å². The number of hydrogen-bond acceptors (Lipinski definition) is 9. The monoisotopic (exact) mass is 499 g/mol. The maximum Gasteiger partial charge on any atom is 0.236 e. The second-order valence-corrected chi connectivity index (χ2v) is 10.5. The Balaban J connectivity index is 1.18. The fourth-order valence-corrected chi connectivity index (χ4v) is 6.25. The van der Waals surface area contributed by atoms with Crippen molar-refractivity contribution in [3.05, 3.63) is 0 Å². The Morgan fingerprint density at radius 2 is 1.74 bits per heavy atom. The Labute approximate surface area is 205 Å². The number of hydrogen-bond donors (Lipinski definition) is 5. The first-order valence-electron chi connectivity index (χ1n) is 13.0. The number of likely N-dealkylation sites (tertiary alicyclic amines) is 1. The first kappa shape index (κ1) is 25.2. The summed E-state index contributed by atoms with van der Waals surface area (Å²) in [5.74, 6) is -0.753. The fourth-order valence-electron chi connectivity index (χ4n) is 6.25. The van der Waals surface area contributed by atoms with E-state index in [0.29, 0.717) is 39.3 Å². The molecule has 0 saturated carbocycles. The molecule has 0 spiro atoms. The van der Waals surface area contributed by atoms with Crippen LogP contribution in [0.25, 0.3) is 0 Å². The molecular formula is C22H39F2N9O2. The minimum atomic E-state index is -1.15. The molecule has 5 saturated heterocycles. The minimum absolute atomic E-state index is 0.140. The number of hydrazine groups is 1. The smallest absolute Gasteiger partial charge is 0.236 e. The van der Waals surface area contributed by atoms with Crippen LogP contribution in [0.15, 0.2) is 0 Å². The van der Waals surface area contributed by atoms with Crippen molar-refractivity contribution >= 4 is 11.8 Å². The molecule has 5 heterocycles. The number of alkyl halides is 2. The van der Waals surface area contributed by atoms with Crippen molar-refractivity contribution in [2.45, 2.75) is 49.6 Å². The van der Waals surface area contributed by atoms with Crippen LogP contribution >= 0.6 is 0 Å². The Bertz CT molecular complexity index is 765. The Hall–Kier alpha value is -1.48. The molecule has 5 aliphatic rings. The molecule has 5 aliphatic heterocycles. The first-order chi connectivity index (χ1) is 16.9. The van der Waals surface area contributed by atoms with Gasteiger partial charge in [0.2, 0.25) is 11.8 Å². The maximum absolute atomic E-state index is 15.2. The average Bonchev–Trinajstić information content (AvgIpc) is 3.45. The normalized spacial score (nSPS) is 39.5. The van der Waals surface area contributed by atoms with E-state index in [1.807, 2.05) is 4.90 Å². The summed E-state index contributed by atoms with van der Waals surface area (Å²) in [5, 5.41) is 10.8. The summed E-state index contributed by atoms with van der Waals surface area (Å²) in [6.45, 7) is 5.70. The standard InChI is InChI=1S/C22H39F2N9O2/c23-14-9-27-21-18(20(25)29-33(21)12-14)22(35)28-16-11-26-10-15(24)19(16)32-7-5-31(6-8-32)17(34)13-30-3-1-2-4-30/h14-16,18-21,26-27,29H,1-13,25H2,(H,28,35). The van der Waals surface area contributed by atoms with Gasteiger partial charge in [0, 0.05) is 52.4 Å². The largest absolute Gasteiger partial charge is 0.350 e. The van der Waals surface area contributed by atoms with Gasteiger partial charge in [-0.3, -0.25) is 24.7 Å². The van der Waals surface area contributed by atoms with Gasteiger partial charge in [-0.15, -0.1) is 0 Å². The number of amides is 2. The van der Waals surface area contributed by atoms with E-state index in [0.717, 1.165) is 25.9 Å². The second-order valence-electron chi connectivity index (χ2n) is 10.5. The average molecular weight is 500 g/mol. The number of nitrogens with zero attached hydrogens (tertiary/aromatic N) is 4. The van der Waals surface area contributed by atoms with Gasteiger partial charge >= 0.3 is 0 Å². The van der Waals surface area contributed by atoms with E-state index in [2.05, 4.69) is 31.2 Å². The lowest BCUT2D eigenvalue weighted by atomic mass is 9.94. The van der Waals surface area contributed by atoms with Crippen molar-refractivity contribution in [2.75, 3.05) is 72.0 Å². The summed E-state index contributed by atoms with van der Waals surface area (Å²) in [4.78, 5) is 32.1. The van der Waals surface area contributed by atoms with E-state index in [1.54, 1.807) is 5.01 Å². The Kier molecular flexibility index (Phi) is 7.82. The first-order valence-corrected chi connectivity index (χ1v) is 13.0. The molecule has 7 unspecified atom stereocenters. The molecule has 0 radical (unpaired) electrons. The van der Waals surface area contributed by atoms with E-state index < -0.39 is 42.7 Å². The summed E-state index contributed by atoms with van der Waals surface area (Å²) in [7, 11) is 0. The van der Waals surface area contributed by atoms with Crippen molar-refractivity contribution in [2.24, 2.45) is 11.7 Å². The van der Waals surface area contributed by atoms with Crippen molar-refractivity contribution in [1.82, 2.24) is 41.1 Å². The number of carbonyl (C=O) groups excluding carboxylic acids is 2. The lowest BCUT2D eigenvalue weighted by Crippen LogP contribution is -2.68. The molecule has 13 heteroatoms. The van der Waals surface area contributed by atoms with E-state index in [1.165, 1.54) is 0 Å². The van der Waals surface area contributed by atoms with Crippen LogP contribution in [0.2, 0.25) is 0 Å². The molecule has 5 rings (SSSR count). The van der Waals surface area contributed by atoms with E-state index >= 15 is 4.39 Å². The molecule has 198 valence electrons. The molecule has 11 nitrogen and oxygen atoms in total. The van der Waals surface area contributed by atoms with Crippen LogP contribution < -0.4 is 27.1 Å². The van der Waals surface area contributed by atoms with Crippen LogP contribution in [-0.4, -0.2) is 140 Å². The number of carbonyl (C=O) groups is 2. The van der Waals surface area contributed by atoms with Crippen LogP contribution in [0.5, 0.6) is 0 Å². The summed E-state index contributed by atoms with van der Waals surface area (Å²) in [5.41, 5.74) is 9.17. The number of nitrogens with two attached hydrogens (primary N) is 1. The minimum Gasteiger partial charge on any atom is -0.350 e.